The maximum atomic E-state index is 11.4. The van der Waals surface area contributed by atoms with Gasteiger partial charge in [0, 0.05) is 5.75 Å². The van der Waals surface area contributed by atoms with E-state index in [-0.39, 0.29) is 12.0 Å². The van der Waals surface area contributed by atoms with Crippen LogP contribution in [0.2, 0.25) is 0 Å². The van der Waals surface area contributed by atoms with Gasteiger partial charge in [0.2, 0.25) is 5.16 Å². The summed E-state index contributed by atoms with van der Waals surface area (Å²) in [7, 11) is 3.11. The van der Waals surface area contributed by atoms with Crippen molar-refractivity contribution >= 4 is 17.7 Å². The van der Waals surface area contributed by atoms with E-state index in [1.807, 2.05) is 4.68 Å². The molecule has 8 heteroatoms. The first-order chi connectivity index (χ1) is 8.26. The molecule has 2 rings (SSSR count). The predicted molar refractivity (Wildman–Crippen MR) is 61.7 cm³/mol. The van der Waals surface area contributed by atoms with Crippen molar-refractivity contribution in [3.63, 3.8) is 0 Å². The molecule has 0 saturated heterocycles. The second-order valence-corrected chi connectivity index (χ2v) is 4.80. The van der Waals surface area contributed by atoms with Crippen LogP contribution >= 0.6 is 11.8 Å². The van der Waals surface area contributed by atoms with E-state index in [1.165, 1.54) is 18.9 Å². The number of nitrogens with zero attached hydrogens (tertiary/aromatic N) is 4. The van der Waals surface area contributed by atoms with Crippen molar-refractivity contribution in [3.05, 3.63) is 0 Å². The van der Waals surface area contributed by atoms with Gasteiger partial charge in [-0.05, 0) is 30.3 Å². The molecule has 1 aromatic rings. The van der Waals surface area contributed by atoms with Gasteiger partial charge in [0.1, 0.15) is 6.04 Å². The summed E-state index contributed by atoms with van der Waals surface area (Å²) >= 11 is 1.46. The highest BCUT2D eigenvalue weighted by molar-refractivity contribution is 7.99. The number of carbonyl (C=O) groups is 1. The Hall–Kier alpha value is -1.15. The molecule has 1 saturated carbocycles. The first kappa shape index (κ1) is 12.3. The molecule has 0 amide bonds. The molecule has 1 atom stereocenters. The number of esters is 1. The number of nitrogens with one attached hydrogen (secondary N) is 1. The Morgan fingerprint density at radius 3 is 3.06 bits per heavy atom. The van der Waals surface area contributed by atoms with E-state index in [2.05, 4.69) is 25.6 Å². The SMILES string of the molecule is CNC(CSc1nnnn1C1CC1)C(=O)OC. The Morgan fingerprint density at radius 2 is 2.47 bits per heavy atom. The number of thioether (sulfide) groups is 1. The lowest BCUT2D eigenvalue weighted by atomic mass is 10.3. The second-order valence-electron chi connectivity index (χ2n) is 3.81. The van der Waals surface area contributed by atoms with Gasteiger partial charge in [-0.3, -0.25) is 4.79 Å². The van der Waals surface area contributed by atoms with Crippen LogP contribution in [0.1, 0.15) is 18.9 Å². The fraction of sp³-hybridized carbons (Fsp3) is 0.778. The van der Waals surface area contributed by atoms with Gasteiger partial charge in [0.05, 0.1) is 13.2 Å². The van der Waals surface area contributed by atoms with Gasteiger partial charge in [-0.1, -0.05) is 11.8 Å². The van der Waals surface area contributed by atoms with Gasteiger partial charge in [-0.25, -0.2) is 4.68 Å². The number of rotatable bonds is 6. The fourth-order valence-corrected chi connectivity index (χ4v) is 2.43. The molecule has 1 heterocycles. The van der Waals surface area contributed by atoms with Crippen molar-refractivity contribution < 1.29 is 9.53 Å². The van der Waals surface area contributed by atoms with Crippen LogP contribution in [-0.2, 0) is 9.53 Å². The molecule has 0 aliphatic heterocycles. The van der Waals surface area contributed by atoms with E-state index in [0.717, 1.165) is 18.0 Å². The fourth-order valence-electron chi connectivity index (χ4n) is 1.40. The number of carbonyl (C=O) groups excluding carboxylic acids is 1. The van der Waals surface area contributed by atoms with Crippen LogP contribution in [-0.4, -0.2) is 52.1 Å². The smallest absolute Gasteiger partial charge is 0.323 e. The topological polar surface area (TPSA) is 81.9 Å². The van der Waals surface area contributed by atoms with Crippen molar-refractivity contribution in [1.82, 2.24) is 25.5 Å². The first-order valence-electron chi connectivity index (χ1n) is 5.42. The summed E-state index contributed by atoms with van der Waals surface area (Å²) in [6, 6.07) is 0.105. The summed E-state index contributed by atoms with van der Waals surface area (Å²) in [5.74, 6) is 0.279. The standard InChI is InChI=1S/C9H15N5O2S/c1-10-7(8(15)16-2)5-17-9-11-12-13-14(9)6-3-4-6/h6-7,10H,3-5H2,1-2H3. The van der Waals surface area contributed by atoms with E-state index >= 15 is 0 Å². The molecule has 0 spiro atoms. The van der Waals surface area contributed by atoms with Crippen LogP contribution in [0.15, 0.2) is 5.16 Å². The molecule has 0 bridgehead atoms. The highest BCUT2D eigenvalue weighted by Gasteiger charge is 2.28. The molecule has 1 aromatic heterocycles. The maximum absolute atomic E-state index is 11.4. The zero-order valence-electron chi connectivity index (χ0n) is 9.79. The largest absolute Gasteiger partial charge is 0.468 e. The van der Waals surface area contributed by atoms with Crippen molar-refractivity contribution in [2.45, 2.75) is 30.1 Å². The van der Waals surface area contributed by atoms with Crippen LogP contribution in [0, 0.1) is 0 Å². The average molecular weight is 257 g/mol. The van der Waals surface area contributed by atoms with Gasteiger partial charge >= 0.3 is 5.97 Å². The van der Waals surface area contributed by atoms with E-state index < -0.39 is 0 Å². The van der Waals surface area contributed by atoms with E-state index in [1.54, 1.807) is 7.05 Å². The summed E-state index contributed by atoms with van der Waals surface area (Å²) in [5, 5.41) is 15.2. The summed E-state index contributed by atoms with van der Waals surface area (Å²) in [4.78, 5) is 11.4. The van der Waals surface area contributed by atoms with Crippen molar-refractivity contribution in [3.8, 4) is 0 Å². The number of ether oxygens (including phenoxy) is 1. The molecule has 1 aliphatic rings. The molecule has 1 N–H and O–H groups in total. The maximum Gasteiger partial charge on any atom is 0.323 e. The summed E-state index contributed by atoms with van der Waals surface area (Å²) in [5.41, 5.74) is 0. The molecular weight excluding hydrogens is 242 g/mol. The molecule has 0 radical (unpaired) electrons. The molecule has 7 nitrogen and oxygen atoms in total. The van der Waals surface area contributed by atoms with Gasteiger partial charge < -0.3 is 10.1 Å². The van der Waals surface area contributed by atoms with Crippen LogP contribution in [0.25, 0.3) is 0 Å². The minimum absolute atomic E-state index is 0.273. The second kappa shape index (κ2) is 5.46. The van der Waals surface area contributed by atoms with Gasteiger partial charge in [-0.2, -0.15) is 0 Å². The third-order valence-electron chi connectivity index (χ3n) is 2.57. The summed E-state index contributed by atoms with van der Waals surface area (Å²) in [6.45, 7) is 0. The molecule has 17 heavy (non-hydrogen) atoms. The van der Waals surface area contributed by atoms with Gasteiger partial charge in [-0.15, -0.1) is 5.10 Å². The van der Waals surface area contributed by atoms with E-state index in [4.69, 9.17) is 0 Å². The minimum atomic E-state index is -0.339. The van der Waals surface area contributed by atoms with E-state index in [9.17, 15) is 4.79 Å². The number of aromatic nitrogens is 4. The van der Waals surface area contributed by atoms with Crippen molar-refractivity contribution in [2.24, 2.45) is 0 Å². The van der Waals surface area contributed by atoms with Crippen LogP contribution in [0.4, 0.5) is 0 Å². The first-order valence-corrected chi connectivity index (χ1v) is 6.40. The molecule has 1 unspecified atom stereocenters. The zero-order chi connectivity index (χ0) is 12.3. The number of methoxy groups -OCH3 is 1. The Kier molecular flexibility index (Phi) is 3.95. The third kappa shape index (κ3) is 2.95. The molecular formula is C9H15N5O2S. The molecule has 1 fully saturated rings. The Bertz CT molecular complexity index is 392. The molecule has 1 aliphatic carbocycles. The molecule has 94 valence electrons. The number of hydrogen-bond acceptors (Lipinski definition) is 7. The van der Waals surface area contributed by atoms with E-state index in [0.29, 0.717) is 11.8 Å². The van der Waals surface area contributed by atoms with Crippen LogP contribution in [0.3, 0.4) is 0 Å². The minimum Gasteiger partial charge on any atom is -0.468 e. The Morgan fingerprint density at radius 1 is 1.71 bits per heavy atom. The highest BCUT2D eigenvalue weighted by Crippen LogP contribution is 2.36. The molecule has 0 aromatic carbocycles. The number of tetrazole rings is 1. The number of likely N-dealkylation sites (N-methyl/N-ethyl adjacent to an activating group) is 1. The highest BCUT2D eigenvalue weighted by atomic mass is 32.2. The van der Waals surface area contributed by atoms with Gasteiger partial charge in [0.25, 0.3) is 0 Å². The Labute approximate surface area is 103 Å². The monoisotopic (exact) mass is 257 g/mol. The lowest BCUT2D eigenvalue weighted by Crippen LogP contribution is -2.37. The van der Waals surface area contributed by atoms with Crippen LogP contribution in [0.5, 0.6) is 0 Å². The average Bonchev–Trinajstić information content (AvgIpc) is 3.09. The Balaban J connectivity index is 1.91. The normalized spacial score (nSPS) is 16.8. The lowest BCUT2D eigenvalue weighted by Gasteiger charge is -2.12. The zero-order valence-corrected chi connectivity index (χ0v) is 10.6. The number of hydrogen-bond donors (Lipinski definition) is 1. The summed E-state index contributed by atoms with van der Waals surface area (Å²) < 4.78 is 6.52. The predicted octanol–water partition coefficient (Wildman–Crippen LogP) is -0.139. The van der Waals surface area contributed by atoms with Crippen molar-refractivity contribution in [2.75, 3.05) is 19.9 Å². The lowest BCUT2D eigenvalue weighted by molar-refractivity contribution is -0.142. The van der Waals surface area contributed by atoms with Crippen molar-refractivity contribution in [1.29, 1.82) is 0 Å². The third-order valence-corrected chi connectivity index (χ3v) is 3.60. The quantitative estimate of drug-likeness (QED) is 0.561. The summed E-state index contributed by atoms with van der Waals surface area (Å²) in [6.07, 6.45) is 2.26. The van der Waals surface area contributed by atoms with Crippen LogP contribution < -0.4 is 5.32 Å². The van der Waals surface area contributed by atoms with Gasteiger partial charge in [0.15, 0.2) is 0 Å².